The fourth-order valence-electron chi connectivity index (χ4n) is 2.92. The summed E-state index contributed by atoms with van der Waals surface area (Å²) >= 11 is 1.64. The number of amides is 1. The average Bonchev–Trinajstić information content (AvgIpc) is 3.25. The van der Waals surface area contributed by atoms with Crippen molar-refractivity contribution >= 4 is 33.3 Å². The number of furan rings is 1. The van der Waals surface area contributed by atoms with Gasteiger partial charge in [-0.15, -0.1) is 11.3 Å². The fourth-order valence-corrected chi connectivity index (χ4v) is 3.80. The molecule has 1 amide bonds. The minimum atomic E-state index is -0.0470. The van der Waals surface area contributed by atoms with Crippen molar-refractivity contribution in [2.75, 3.05) is 31.1 Å². The molecule has 4 heterocycles. The molecular weight excluding hydrogens is 312 g/mol. The number of aryl methyl sites for hydroxylation is 1. The van der Waals surface area contributed by atoms with Gasteiger partial charge in [0.05, 0.1) is 11.6 Å². The van der Waals surface area contributed by atoms with Gasteiger partial charge in [-0.1, -0.05) is 0 Å². The van der Waals surface area contributed by atoms with E-state index in [9.17, 15) is 4.79 Å². The van der Waals surface area contributed by atoms with Gasteiger partial charge in [-0.25, -0.2) is 9.97 Å². The van der Waals surface area contributed by atoms with Crippen LogP contribution in [0.3, 0.4) is 0 Å². The zero-order valence-electron chi connectivity index (χ0n) is 12.7. The second-order valence-corrected chi connectivity index (χ2v) is 6.41. The Morgan fingerprint density at radius 2 is 2.09 bits per heavy atom. The Balaban J connectivity index is 1.53. The predicted molar refractivity (Wildman–Crippen MR) is 89.0 cm³/mol. The number of hydrogen-bond donors (Lipinski definition) is 0. The van der Waals surface area contributed by atoms with E-state index in [0.29, 0.717) is 18.8 Å². The summed E-state index contributed by atoms with van der Waals surface area (Å²) in [5.41, 5.74) is 1.20. The van der Waals surface area contributed by atoms with Crippen LogP contribution in [0, 0.1) is 6.92 Å². The Kier molecular flexibility index (Phi) is 3.49. The van der Waals surface area contributed by atoms with Gasteiger partial charge >= 0.3 is 0 Å². The van der Waals surface area contributed by atoms with E-state index in [1.165, 1.54) is 11.8 Å². The van der Waals surface area contributed by atoms with Crippen LogP contribution < -0.4 is 4.90 Å². The van der Waals surface area contributed by atoms with Gasteiger partial charge in [0.1, 0.15) is 17.0 Å². The second kappa shape index (κ2) is 5.66. The molecule has 23 heavy (non-hydrogen) atoms. The number of piperazine rings is 1. The summed E-state index contributed by atoms with van der Waals surface area (Å²) in [5.74, 6) is 1.32. The molecule has 4 rings (SSSR count). The molecule has 0 aliphatic carbocycles. The van der Waals surface area contributed by atoms with Crippen molar-refractivity contribution in [3.8, 4) is 0 Å². The maximum atomic E-state index is 12.3. The van der Waals surface area contributed by atoms with E-state index in [-0.39, 0.29) is 5.91 Å². The van der Waals surface area contributed by atoms with Crippen molar-refractivity contribution in [1.82, 2.24) is 14.9 Å². The number of aromatic nitrogens is 2. The van der Waals surface area contributed by atoms with E-state index in [0.717, 1.165) is 29.1 Å². The standard InChI is InChI=1S/C16H16N4O2S/c1-11-9-23-15-13(11)14(17-10-18-15)19-4-6-20(7-5-19)16(21)12-3-2-8-22-12/h2-3,8-10H,4-7H2,1H3. The highest BCUT2D eigenvalue weighted by Gasteiger charge is 2.25. The number of carbonyl (C=O) groups excluding carboxylic acids is 1. The molecule has 0 atom stereocenters. The van der Waals surface area contributed by atoms with Crippen LogP contribution in [0.1, 0.15) is 16.1 Å². The third kappa shape index (κ3) is 2.46. The minimum absolute atomic E-state index is 0.0470. The van der Waals surface area contributed by atoms with Crippen molar-refractivity contribution in [3.05, 3.63) is 41.4 Å². The van der Waals surface area contributed by atoms with E-state index >= 15 is 0 Å². The first-order valence-electron chi connectivity index (χ1n) is 7.50. The first kappa shape index (κ1) is 14.2. The molecule has 118 valence electrons. The predicted octanol–water partition coefficient (Wildman–Crippen LogP) is 2.56. The molecule has 7 heteroatoms. The maximum absolute atomic E-state index is 12.3. The van der Waals surface area contributed by atoms with Crippen molar-refractivity contribution in [2.45, 2.75) is 6.92 Å². The van der Waals surface area contributed by atoms with Crippen molar-refractivity contribution in [1.29, 1.82) is 0 Å². The first-order chi connectivity index (χ1) is 11.2. The molecule has 0 N–H and O–H groups in total. The van der Waals surface area contributed by atoms with Gasteiger partial charge in [0, 0.05) is 26.2 Å². The monoisotopic (exact) mass is 328 g/mol. The number of thiophene rings is 1. The quantitative estimate of drug-likeness (QED) is 0.723. The van der Waals surface area contributed by atoms with Gasteiger partial charge in [0.25, 0.3) is 5.91 Å². The fraction of sp³-hybridized carbons (Fsp3) is 0.312. The third-order valence-corrected chi connectivity index (χ3v) is 5.14. The Labute approximate surface area is 137 Å². The summed E-state index contributed by atoms with van der Waals surface area (Å²) < 4.78 is 5.20. The Morgan fingerprint density at radius 1 is 1.26 bits per heavy atom. The van der Waals surface area contributed by atoms with Crippen LogP contribution in [0.25, 0.3) is 10.2 Å². The van der Waals surface area contributed by atoms with Crippen LogP contribution in [0.4, 0.5) is 5.82 Å². The molecule has 0 aromatic carbocycles. The molecule has 0 radical (unpaired) electrons. The molecular formula is C16H16N4O2S. The zero-order chi connectivity index (χ0) is 15.8. The molecule has 1 aliphatic rings. The Hall–Kier alpha value is -2.41. The van der Waals surface area contributed by atoms with Gasteiger partial charge < -0.3 is 14.2 Å². The van der Waals surface area contributed by atoms with Crippen LogP contribution in [0.5, 0.6) is 0 Å². The summed E-state index contributed by atoms with van der Waals surface area (Å²) in [7, 11) is 0. The van der Waals surface area contributed by atoms with Crippen LogP contribution in [0.15, 0.2) is 34.5 Å². The van der Waals surface area contributed by atoms with Crippen LogP contribution >= 0.6 is 11.3 Å². The molecule has 1 aliphatic heterocycles. The van der Waals surface area contributed by atoms with Gasteiger partial charge in [-0.05, 0) is 30.0 Å². The molecule has 0 spiro atoms. The van der Waals surface area contributed by atoms with E-state index < -0.39 is 0 Å². The van der Waals surface area contributed by atoms with Gasteiger partial charge in [0.2, 0.25) is 0 Å². The van der Waals surface area contributed by atoms with Crippen molar-refractivity contribution in [2.24, 2.45) is 0 Å². The van der Waals surface area contributed by atoms with Gasteiger partial charge in [-0.3, -0.25) is 4.79 Å². The molecule has 1 fully saturated rings. The third-order valence-electron chi connectivity index (χ3n) is 4.13. The largest absolute Gasteiger partial charge is 0.459 e. The highest BCUT2D eigenvalue weighted by atomic mass is 32.1. The highest BCUT2D eigenvalue weighted by molar-refractivity contribution is 7.17. The van der Waals surface area contributed by atoms with E-state index in [4.69, 9.17) is 4.42 Å². The maximum Gasteiger partial charge on any atom is 0.289 e. The Morgan fingerprint density at radius 3 is 2.83 bits per heavy atom. The first-order valence-corrected chi connectivity index (χ1v) is 8.38. The number of fused-ring (bicyclic) bond motifs is 1. The second-order valence-electron chi connectivity index (χ2n) is 5.55. The number of nitrogens with zero attached hydrogens (tertiary/aromatic N) is 4. The lowest BCUT2D eigenvalue weighted by molar-refractivity contribution is 0.0714. The lowest BCUT2D eigenvalue weighted by atomic mass is 10.2. The highest BCUT2D eigenvalue weighted by Crippen LogP contribution is 2.31. The topological polar surface area (TPSA) is 62.5 Å². The summed E-state index contributed by atoms with van der Waals surface area (Å²) in [6, 6.07) is 3.44. The number of hydrogen-bond acceptors (Lipinski definition) is 6. The van der Waals surface area contributed by atoms with Crippen LogP contribution in [-0.4, -0.2) is 47.0 Å². The summed E-state index contributed by atoms with van der Waals surface area (Å²) in [4.78, 5) is 26.2. The van der Waals surface area contributed by atoms with Crippen molar-refractivity contribution < 1.29 is 9.21 Å². The van der Waals surface area contributed by atoms with Crippen LogP contribution in [0.2, 0.25) is 0 Å². The van der Waals surface area contributed by atoms with E-state index in [2.05, 4.69) is 27.2 Å². The normalized spacial score (nSPS) is 15.3. The SMILES string of the molecule is Cc1csc2ncnc(N3CCN(C(=O)c4ccco4)CC3)c12. The smallest absolute Gasteiger partial charge is 0.289 e. The molecule has 6 nitrogen and oxygen atoms in total. The number of rotatable bonds is 2. The lowest BCUT2D eigenvalue weighted by Gasteiger charge is -2.35. The number of carbonyl (C=O) groups is 1. The molecule has 0 unspecified atom stereocenters. The van der Waals surface area contributed by atoms with Crippen LogP contribution in [-0.2, 0) is 0 Å². The number of anilines is 1. The minimum Gasteiger partial charge on any atom is -0.459 e. The molecule has 3 aromatic rings. The van der Waals surface area contributed by atoms with E-state index in [1.807, 2.05) is 4.90 Å². The average molecular weight is 328 g/mol. The summed E-state index contributed by atoms with van der Waals surface area (Å²) in [6.45, 7) is 4.92. The zero-order valence-corrected chi connectivity index (χ0v) is 13.5. The van der Waals surface area contributed by atoms with E-state index in [1.54, 1.807) is 29.8 Å². The van der Waals surface area contributed by atoms with Gasteiger partial charge in [-0.2, -0.15) is 0 Å². The summed E-state index contributed by atoms with van der Waals surface area (Å²) in [6.07, 6.45) is 3.15. The molecule has 3 aromatic heterocycles. The summed E-state index contributed by atoms with van der Waals surface area (Å²) in [5, 5.41) is 3.24. The van der Waals surface area contributed by atoms with Gasteiger partial charge in [0.15, 0.2) is 5.76 Å². The Bertz CT molecular complexity index is 835. The molecule has 0 saturated carbocycles. The molecule has 0 bridgehead atoms. The lowest BCUT2D eigenvalue weighted by Crippen LogP contribution is -2.49. The molecule has 1 saturated heterocycles. The van der Waals surface area contributed by atoms with Crippen molar-refractivity contribution in [3.63, 3.8) is 0 Å².